The highest BCUT2D eigenvalue weighted by atomic mass is 35.5. The van der Waals surface area contributed by atoms with Crippen molar-refractivity contribution in [3.05, 3.63) is 53.1 Å². The Hall–Kier alpha value is -1.32. The van der Waals surface area contributed by atoms with Gasteiger partial charge in [-0.2, -0.15) is 0 Å². The highest BCUT2D eigenvalue weighted by Crippen LogP contribution is 2.21. The number of aromatic amines is 1. The van der Waals surface area contributed by atoms with Crippen molar-refractivity contribution in [1.29, 1.82) is 0 Å². The van der Waals surface area contributed by atoms with Crippen LogP contribution in [-0.4, -0.2) is 16.5 Å². The third-order valence-corrected chi connectivity index (χ3v) is 3.53. The molecule has 0 atom stereocenters. The number of halogens is 1. The van der Waals surface area contributed by atoms with Crippen molar-refractivity contribution in [3.8, 4) is 0 Å². The van der Waals surface area contributed by atoms with Crippen LogP contribution in [0.25, 0.3) is 0 Å². The van der Waals surface area contributed by atoms with Crippen molar-refractivity contribution in [1.82, 2.24) is 15.3 Å². The molecule has 0 aliphatic heterocycles. The standard InChI is InChI=1S/C15H20ClN3/c1-15(2,12-5-7-13(16)8-6-12)19-9-3-4-14-17-10-11-18-14/h5-8,10-11,19H,3-4,9H2,1-2H3,(H,17,18). The normalized spacial score (nSPS) is 11.7. The molecule has 0 spiro atoms. The van der Waals surface area contributed by atoms with Gasteiger partial charge in [-0.05, 0) is 44.5 Å². The SMILES string of the molecule is CC(C)(NCCCc1ncc[nH]1)c1ccc(Cl)cc1. The molecule has 0 saturated heterocycles. The van der Waals surface area contributed by atoms with Crippen LogP contribution < -0.4 is 5.32 Å². The van der Waals surface area contributed by atoms with Crippen LogP contribution in [0.4, 0.5) is 0 Å². The highest BCUT2D eigenvalue weighted by Gasteiger charge is 2.18. The van der Waals surface area contributed by atoms with E-state index in [-0.39, 0.29) is 5.54 Å². The lowest BCUT2D eigenvalue weighted by Gasteiger charge is -2.27. The minimum absolute atomic E-state index is 0.0479. The van der Waals surface area contributed by atoms with Crippen molar-refractivity contribution in [3.63, 3.8) is 0 Å². The summed E-state index contributed by atoms with van der Waals surface area (Å²) in [5.74, 6) is 1.05. The Morgan fingerprint density at radius 3 is 2.63 bits per heavy atom. The molecule has 2 aromatic rings. The minimum atomic E-state index is -0.0479. The van der Waals surface area contributed by atoms with Crippen molar-refractivity contribution < 1.29 is 0 Å². The fraction of sp³-hybridized carbons (Fsp3) is 0.400. The number of hydrogen-bond donors (Lipinski definition) is 2. The molecule has 0 saturated carbocycles. The lowest BCUT2D eigenvalue weighted by Crippen LogP contribution is -2.37. The van der Waals surface area contributed by atoms with Crippen LogP contribution in [0, 0.1) is 0 Å². The van der Waals surface area contributed by atoms with E-state index in [0.29, 0.717) is 0 Å². The Morgan fingerprint density at radius 1 is 1.26 bits per heavy atom. The van der Waals surface area contributed by atoms with E-state index >= 15 is 0 Å². The van der Waals surface area contributed by atoms with E-state index in [1.807, 2.05) is 18.3 Å². The van der Waals surface area contributed by atoms with Gasteiger partial charge in [-0.15, -0.1) is 0 Å². The summed E-state index contributed by atoms with van der Waals surface area (Å²) in [4.78, 5) is 7.34. The number of aromatic nitrogens is 2. The zero-order valence-electron chi connectivity index (χ0n) is 11.4. The van der Waals surface area contributed by atoms with Gasteiger partial charge in [-0.25, -0.2) is 4.98 Å². The second-order valence-corrected chi connectivity index (χ2v) is 5.63. The Kier molecular flexibility index (Phi) is 4.61. The first-order valence-corrected chi connectivity index (χ1v) is 6.95. The topological polar surface area (TPSA) is 40.7 Å². The van der Waals surface area contributed by atoms with Crippen LogP contribution in [0.2, 0.25) is 5.02 Å². The molecule has 2 rings (SSSR count). The van der Waals surface area contributed by atoms with E-state index in [9.17, 15) is 0 Å². The van der Waals surface area contributed by atoms with Crippen LogP contribution >= 0.6 is 11.6 Å². The third kappa shape index (κ3) is 4.08. The molecule has 1 aromatic heterocycles. The van der Waals surface area contributed by atoms with Crippen LogP contribution in [0.3, 0.4) is 0 Å². The fourth-order valence-electron chi connectivity index (χ4n) is 2.06. The number of H-pyrrole nitrogens is 1. The summed E-state index contributed by atoms with van der Waals surface area (Å²) in [5, 5.41) is 4.35. The highest BCUT2D eigenvalue weighted by molar-refractivity contribution is 6.30. The van der Waals surface area contributed by atoms with E-state index < -0.39 is 0 Å². The molecular formula is C15H20ClN3. The largest absolute Gasteiger partial charge is 0.349 e. The number of nitrogens with one attached hydrogen (secondary N) is 2. The Bertz CT molecular complexity index is 489. The first kappa shape index (κ1) is 14.1. The van der Waals surface area contributed by atoms with Gasteiger partial charge < -0.3 is 10.3 Å². The first-order valence-electron chi connectivity index (χ1n) is 6.57. The maximum absolute atomic E-state index is 5.91. The number of imidazole rings is 1. The molecule has 0 radical (unpaired) electrons. The van der Waals surface area contributed by atoms with Gasteiger partial charge in [0.1, 0.15) is 5.82 Å². The Balaban J connectivity index is 1.82. The third-order valence-electron chi connectivity index (χ3n) is 3.28. The van der Waals surface area contributed by atoms with E-state index in [1.54, 1.807) is 6.20 Å². The van der Waals surface area contributed by atoms with E-state index in [0.717, 1.165) is 30.2 Å². The Labute approximate surface area is 119 Å². The van der Waals surface area contributed by atoms with Crippen LogP contribution in [0.5, 0.6) is 0 Å². The summed E-state index contributed by atoms with van der Waals surface area (Å²) in [6.45, 7) is 5.32. The molecule has 4 heteroatoms. The molecule has 2 N–H and O–H groups in total. The zero-order chi connectivity index (χ0) is 13.7. The van der Waals surface area contributed by atoms with Gasteiger partial charge in [0, 0.05) is 29.4 Å². The average Bonchev–Trinajstić information content (AvgIpc) is 2.88. The summed E-state index contributed by atoms with van der Waals surface area (Å²) < 4.78 is 0. The predicted molar refractivity (Wildman–Crippen MR) is 79.4 cm³/mol. The minimum Gasteiger partial charge on any atom is -0.349 e. The van der Waals surface area contributed by atoms with Crippen LogP contribution in [0.15, 0.2) is 36.7 Å². The number of aryl methyl sites for hydroxylation is 1. The average molecular weight is 278 g/mol. The maximum Gasteiger partial charge on any atom is 0.106 e. The summed E-state index contributed by atoms with van der Waals surface area (Å²) in [6, 6.07) is 8.01. The molecule has 0 aliphatic rings. The first-order chi connectivity index (χ1) is 9.08. The van der Waals surface area contributed by atoms with Gasteiger partial charge >= 0.3 is 0 Å². The predicted octanol–water partition coefficient (Wildman–Crippen LogP) is 3.52. The van der Waals surface area contributed by atoms with Gasteiger partial charge in [-0.1, -0.05) is 23.7 Å². The van der Waals surface area contributed by atoms with Crippen molar-refractivity contribution in [2.24, 2.45) is 0 Å². The lowest BCUT2D eigenvalue weighted by molar-refractivity contribution is 0.399. The van der Waals surface area contributed by atoms with Crippen LogP contribution in [0.1, 0.15) is 31.7 Å². The van der Waals surface area contributed by atoms with Crippen molar-refractivity contribution in [2.45, 2.75) is 32.2 Å². The molecular weight excluding hydrogens is 258 g/mol. The summed E-state index contributed by atoms with van der Waals surface area (Å²) in [6.07, 6.45) is 5.68. The number of nitrogens with zero attached hydrogens (tertiary/aromatic N) is 1. The molecule has 1 aromatic carbocycles. The zero-order valence-corrected chi connectivity index (χ0v) is 12.2. The van der Waals surface area contributed by atoms with Crippen LogP contribution in [-0.2, 0) is 12.0 Å². The van der Waals surface area contributed by atoms with E-state index in [1.165, 1.54) is 5.56 Å². The quantitative estimate of drug-likeness (QED) is 0.793. The summed E-state index contributed by atoms with van der Waals surface area (Å²) in [7, 11) is 0. The molecule has 0 unspecified atom stereocenters. The molecule has 0 aliphatic carbocycles. The van der Waals surface area contributed by atoms with Gasteiger partial charge in [-0.3, -0.25) is 0 Å². The van der Waals surface area contributed by atoms with E-state index in [4.69, 9.17) is 11.6 Å². The van der Waals surface area contributed by atoms with Gasteiger partial charge in [0.2, 0.25) is 0 Å². The summed E-state index contributed by atoms with van der Waals surface area (Å²) >= 11 is 5.91. The van der Waals surface area contributed by atoms with Crippen molar-refractivity contribution in [2.75, 3.05) is 6.54 Å². The van der Waals surface area contributed by atoms with Gasteiger partial charge in [0.15, 0.2) is 0 Å². The number of rotatable bonds is 6. The molecule has 0 amide bonds. The molecule has 3 nitrogen and oxygen atoms in total. The van der Waals surface area contributed by atoms with Gasteiger partial charge in [0.25, 0.3) is 0 Å². The molecule has 0 fully saturated rings. The van der Waals surface area contributed by atoms with Gasteiger partial charge in [0.05, 0.1) is 0 Å². The monoisotopic (exact) mass is 277 g/mol. The second kappa shape index (κ2) is 6.22. The van der Waals surface area contributed by atoms with Crippen molar-refractivity contribution >= 4 is 11.6 Å². The summed E-state index contributed by atoms with van der Waals surface area (Å²) in [5.41, 5.74) is 1.20. The molecule has 102 valence electrons. The van der Waals surface area contributed by atoms with E-state index in [2.05, 4.69) is 41.3 Å². The lowest BCUT2D eigenvalue weighted by atomic mass is 9.94. The Morgan fingerprint density at radius 2 is 2.00 bits per heavy atom. The molecule has 1 heterocycles. The second-order valence-electron chi connectivity index (χ2n) is 5.20. The number of benzene rings is 1. The maximum atomic E-state index is 5.91. The number of hydrogen-bond acceptors (Lipinski definition) is 2. The smallest absolute Gasteiger partial charge is 0.106 e. The fourth-order valence-corrected chi connectivity index (χ4v) is 2.19. The molecule has 19 heavy (non-hydrogen) atoms. The molecule has 0 bridgehead atoms.